The Hall–Kier alpha value is -0.390. The second-order valence-electron chi connectivity index (χ2n) is 3.55. The summed E-state index contributed by atoms with van der Waals surface area (Å²) in [5.41, 5.74) is 0. The Balaban J connectivity index is 3.28. The number of thiocarbonyl (C=S) groups is 1. The van der Waals surface area contributed by atoms with Crippen molar-refractivity contribution in [3.8, 4) is 0 Å². The number of hydrogen-bond acceptors (Lipinski definition) is 5. The van der Waals surface area contributed by atoms with Crippen LogP contribution in [0.25, 0.3) is 0 Å². The Bertz CT molecular complexity index is 147. The van der Waals surface area contributed by atoms with E-state index in [1.165, 1.54) is 0 Å². The van der Waals surface area contributed by atoms with Crippen LogP contribution < -0.4 is 0 Å². The Labute approximate surface area is 91.8 Å². The third-order valence-corrected chi connectivity index (χ3v) is 1.75. The largest absolute Gasteiger partial charge is 0.456 e. The second kappa shape index (κ2) is 7.96. The molecule has 84 valence electrons. The van der Waals surface area contributed by atoms with Crippen LogP contribution in [0.1, 0.15) is 0 Å². The third kappa shape index (κ3) is 9.70. The van der Waals surface area contributed by atoms with E-state index in [1.807, 2.05) is 38.0 Å². The highest BCUT2D eigenvalue weighted by molar-refractivity contribution is 7.79. The molecule has 0 atom stereocenters. The summed E-state index contributed by atoms with van der Waals surface area (Å²) in [7, 11) is 7.94. The molecular weight excluding hydrogens is 200 g/mol. The van der Waals surface area contributed by atoms with Crippen molar-refractivity contribution in [3.63, 3.8) is 0 Å². The number of ether oxygens (including phenoxy) is 2. The van der Waals surface area contributed by atoms with Crippen LogP contribution in [-0.2, 0) is 9.47 Å². The van der Waals surface area contributed by atoms with Gasteiger partial charge in [-0.25, -0.2) is 0 Å². The summed E-state index contributed by atoms with van der Waals surface area (Å²) in [6.07, 6.45) is 0. The highest BCUT2D eigenvalue weighted by atomic mass is 32.1. The van der Waals surface area contributed by atoms with Gasteiger partial charge in [-0.1, -0.05) is 0 Å². The lowest BCUT2D eigenvalue weighted by Gasteiger charge is -2.13. The maximum atomic E-state index is 5.18. The highest BCUT2D eigenvalue weighted by Gasteiger charge is 1.99. The Morgan fingerprint density at radius 1 is 0.929 bits per heavy atom. The Morgan fingerprint density at radius 2 is 1.29 bits per heavy atom. The van der Waals surface area contributed by atoms with Crippen molar-refractivity contribution in [2.75, 3.05) is 54.5 Å². The predicted octanol–water partition coefficient (Wildman–Crippen LogP) is 0.428. The van der Waals surface area contributed by atoms with Gasteiger partial charge in [-0.2, -0.15) is 0 Å². The standard InChI is InChI=1S/C9H20N2O2S/c1-10(2)5-7-12-9(14)13-8-6-11(3)4/h5-8H2,1-4H3. The van der Waals surface area contributed by atoms with Gasteiger partial charge in [0.25, 0.3) is 0 Å². The van der Waals surface area contributed by atoms with E-state index in [0.717, 1.165) is 13.1 Å². The molecule has 0 saturated heterocycles. The lowest BCUT2D eigenvalue weighted by Crippen LogP contribution is -2.23. The summed E-state index contributed by atoms with van der Waals surface area (Å²) in [6, 6.07) is 0. The first-order chi connectivity index (χ1) is 6.52. The van der Waals surface area contributed by atoms with Gasteiger partial charge >= 0.3 is 5.24 Å². The van der Waals surface area contributed by atoms with E-state index < -0.39 is 0 Å². The van der Waals surface area contributed by atoms with Gasteiger partial charge in [0.05, 0.1) is 0 Å². The van der Waals surface area contributed by atoms with Crippen molar-refractivity contribution in [1.29, 1.82) is 0 Å². The van der Waals surface area contributed by atoms with Crippen LogP contribution in [0.3, 0.4) is 0 Å². The zero-order chi connectivity index (χ0) is 11.0. The van der Waals surface area contributed by atoms with Crippen molar-refractivity contribution in [3.05, 3.63) is 0 Å². The van der Waals surface area contributed by atoms with Crippen molar-refractivity contribution >= 4 is 17.5 Å². The molecule has 0 heterocycles. The summed E-state index contributed by atoms with van der Waals surface area (Å²) < 4.78 is 10.4. The third-order valence-electron chi connectivity index (χ3n) is 1.52. The Morgan fingerprint density at radius 3 is 1.57 bits per heavy atom. The van der Waals surface area contributed by atoms with Gasteiger partial charge in [0.15, 0.2) is 0 Å². The number of nitrogens with zero attached hydrogens (tertiary/aromatic N) is 2. The molecule has 0 aromatic rings. The van der Waals surface area contributed by atoms with Gasteiger partial charge in [-0.15, -0.1) is 0 Å². The molecule has 0 rings (SSSR count). The Kier molecular flexibility index (Phi) is 7.74. The van der Waals surface area contributed by atoms with Crippen molar-refractivity contribution in [1.82, 2.24) is 9.80 Å². The molecule has 0 bridgehead atoms. The molecule has 0 unspecified atom stereocenters. The van der Waals surface area contributed by atoms with Gasteiger partial charge in [0, 0.05) is 25.3 Å². The van der Waals surface area contributed by atoms with E-state index in [0.29, 0.717) is 13.2 Å². The highest BCUT2D eigenvalue weighted by Crippen LogP contribution is 1.88. The predicted molar refractivity (Wildman–Crippen MR) is 61.6 cm³/mol. The van der Waals surface area contributed by atoms with Crippen LogP contribution in [0.15, 0.2) is 0 Å². The van der Waals surface area contributed by atoms with Gasteiger partial charge in [-0.05, 0) is 28.2 Å². The zero-order valence-electron chi connectivity index (χ0n) is 9.45. The van der Waals surface area contributed by atoms with Crippen LogP contribution in [0.4, 0.5) is 0 Å². The van der Waals surface area contributed by atoms with E-state index >= 15 is 0 Å². The summed E-state index contributed by atoms with van der Waals surface area (Å²) >= 11 is 4.88. The van der Waals surface area contributed by atoms with Crippen LogP contribution in [0.2, 0.25) is 0 Å². The average Bonchev–Trinajstić information content (AvgIpc) is 2.02. The molecule has 0 aromatic heterocycles. The zero-order valence-corrected chi connectivity index (χ0v) is 10.3. The van der Waals surface area contributed by atoms with Gasteiger partial charge in [0.1, 0.15) is 13.2 Å². The number of hydrogen-bond donors (Lipinski definition) is 0. The fraction of sp³-hybridized carbons (Fsp3) is 0.889. The monoisotopic (exact) mass is 220 g/mol. The maximum Gasteiger partial charge on any atom is 0.352 e. The molecular formula is C9H20N2O2S. The summed E-state index contributed by atoms with van der Waals surface area (Å²) in [5, 5.41) is 0.244. The van der Waals surface area contributed by atoms with Crippen molar-refractivity contribution in [2.24, 2.45) is 0 Å². The molecule has 0 saturated carbocycles. The molecule has 0 spiro atoms. The summed E-state index contributed by atoms with van der Waals surface area (Å²) in [5.74, 6) is 0. The minimum atomic E-state index is 0.244. The molecule has 0 aliphatic heterocycles. The van der Waals surface area contributed by atoms with E-state index in [-0.39, 0.29) is 5.24 Å². The molecule has 0 aliphatic carbocycles. The number of rotatable bonds is 6. The van der Waals surface area contributed by atoms with Gasteiger partial charge < -0.3 is 19.3 Å². The molecule has 4 nitrogen and oxygen atoms in total. The normalized spacial score (nSPS) is 10.7. The fourth-order valence-electron chi connectivity index (χ4n) is 0.665. The lowest BCUT2D eigenvalue weighted by atomic mass is 10.6. The maximum absolute atomic E-state index is 5.18. The van der Waals surface area contributed by atoms with Crippen LogP contribution in [-0.4, -0.2) is 69.5 Å². The molecule has 5 heteroatoms. The average molecular weight is 220 g/mol. The van der Waals surface area contributed by atoms with Gasteiger partial charge in [-0.3, -0.25) is 0 Å². The van der Waals surface area contributed by atoms with Crippen LogP contribution in [0.5, 0.6) is 0 Å². The summed E-state index contributed by atoms with van der Waals surface area (Å²) in [4.78, 5) is 4.06. The molecule has 0 fully saturated rings. The smallest absolute Gasteiger partial charge is 0.352 e. The molecule has 0 aromatic carbocycles. The molecule has 0 N–H and O–H groups in total. The van der Waals surface area contributed by atoms with Crippen molar-refractivity contribution < 1.29 is 9.47 Å². The first kappa shape index (κ1) is 13.6. The molecule has 14 heavy (non-hydrogen) atoms. The SMILES string of the molecule is CN(C)CCOC(=S)OCCN(C)C. The topological polar surface area (TPSA) is 24.9 Å². The van der Waals surface area contributed by atoms with Crippen LogP contribution in [0, 0.1) is 0 Å². The molecule has 0 aliphatic rings. The second-order valence-corrected chi connectivity index (χ2v) is 3.89. The van der Waals surface area contributed by atoms with Crippen molar-refractivity contribution in [2.45, 2.75) is 0 Å². The first-order valence-corrected chi connectivity index (χ1v) is 5.02. The van der Waals surface area contributed by atoms with E-state index in [9.17, 15) is 0 Å². The van der Waals surface area contributed by atoms with Gasteiger partial charge in [0.2, 0.25) is 0 Å². The number of likely N-dealkylation sites (N-methyl/N-ethyl adjacent to an activating group) is 2. The lowest BCUT2D eigenvalue weighted by molar-refractivity contribution is 0.153. The minimum absolute atomic E-state index is 0.244. The quantitative estimate of drug-likeness (QED) is 0.605. The summed E-state index contributed by atoms with van der Waals surface area (Å²) in [6.45, 7) is 2.84. The fourth-order valence-corrected chi connectivity index (χ4v) is 0.831. The molecule has 0 radical (unpaired) electrons. The first-order valence-electron chi connectivity index (χ1n) is 4.61. The van der Waals surface area contributed by atoms with E-state index in [2.05, 4.69) is 0 Å². The van der Waals surface area contributed by atoms with E-state index in [1.54, 1.807) is 0 Å². The van der Waals surface area contributed by atoms with Crippen LogP contribution >= 0.6 is 12.2 Å². The van der Waals surface area contributed by atoms with E-state index in [4.69, 9.17) is 21.7 Å². The molecule has 0 amide bonds. The minimum Gasteiger partial charge on any atom is -0.456 e.